The Labute approximate surface area is 195 Å². The van der Waals surface area contributed by atoms with Gasteiger partial charge in [0.1, 0.15) is 5.82 Å². The largest absolute Gasteiger partial charge is 0.464 e. The lowest BCUT2D eigenvalue weighted by Gasteiger charge is -2.10. The van der Waals surface area contributed by atoms with Crippen molar-refractivity contribution in [2.45, 2.75) is 19.5 Å². The van der Waals surface area contributed by atoms with Crippen molar-refractivity contribution in [1.29, 1.82) is 0 Å². The molecule has 3 aromatic heterocycles. The lowest BCUT2D eigenvalue weighted by molar-refractivity contribution is 0.0590. The average Bonchev–Trinajstić information content (AvgIpc) is 3.17. The first kappa shape index (κ1) is 21.9. The van der Waals surface area contributed by atoms with Gasteiger partial charge in [-0.25, -0.2) is 19.1 Å². The van der Waals surface area contributed by atoms with Crippen molar-refractivity contribution in [2.24, 2.45) is 0 Å². The van der Waals surface area contributed by atoms with Crippen molar-refractivity contribution in [3.8, 4) is 0 Å². The second-order valence-corrected chi connectivity index (χ2v) is 8.06. The predicted octanol–water partition coefficient (Wildman–Crippen LogP) is 2.46. The van der Waals surface area contributed by atoms with E-state index in [1.165, 1.54) is 23.9 Å². The van der Waals surface area contributed by atoms with Crippen LogP contribution in [0.15, 0.2) is 45.8 Å². The SMILES string of the molecule is COC(=O)c1ccc(=O)n(CCc2cc(Cn3ncc4c(N)nc(Cl)nc43)ccc2Br)n1. The molecule has 0 saturated carbocycles. The van der Waals surface area contributed by atoms with E-state index in [9.17, 15) is 9.59 Å². The molecule has 32 heavy (non-hydrogen) atoms. The third-order valence-corrected chi connectivity index (χ3v) is 5.74. The fourth-order valence-corrected chi connectivity index (χ4v) is 3.82. The molecule has 0 fully saturated rings. The van der Waals surface area contributed by atoms with Gasteiger partial charge in [-0.05, 0) is 41.3 Å². The predicted molar refractivity (Wildman–Crippen MR) is 122 cm³/mol. The summed E-state index contributed by atoms with van der Waals surface area (Å²) in [6.45, 7) is 0.725. The van der Waals surface area contributed by atoms with Crippen LogP contribution in [0.2, 0.25) is 5.28 Å². The molecule has 4 rings (SSSR count). The second-order valence-electron chi connectivity index (χ2n) is 6.86. The molecule has 0 aliphatic rings. The average molecular weight is 519 g/mol. The summed E-state index contributed by atoms with van der Waals surface area (Å²) in [6, 6.07) is 8.52. The molecule has 164 valence electrons. The first-order chi connectivity index (χ1) is 15.4. The molecule has 0 unspecified atom stereocenters. The van der Waals surface area contributed by atoms with E-state index in [4.69, 9.17) is 17.3 Å². The summed E-state index contributed by atoms with van der Waals surface area (Å²) in [4.78, 5) is 32.0. The number of anilines is 1. The minimum absolute atomic E-state index is 0.0559. The van der Waals surface area contributed by atoms with E-state index in [0.717, 1.165) is 15.6 Å². The van der Waals surface area contributed by atoms with Crippen LogP contribution in [0, 0.1) is 0 Å². The standard InChI is InChI=1S/C20H17BrClN7O3/c1-32-19(31)15-4-5-16(30)28(27-15)7-6-12-8-11(2-3-14(12)21)10-29-18-13(9-24-29)17(23)25-20(22)26-18/h2-5,8-9H,6-7,10H2,1H3,(H2,23,25,26). The molecule has 0 bridgehead atoms. The quantitative estimate of drug-likeness (QED) is 0.304. The molecule has 0 aliphatic heterocycles. The highest BCUT2D eigenvalue weighted by Crippen LogP contribution is 2.23. The zero-order valence-corrected chi connectivity index (χ0v) is 19.2. The molecule has 2 N–H and O–H groups in total. The number of benzene rings is 1. The molecule has 3 heterocycles. The maximum absolute atomic E-state index is 12.1. The van der Waals surface area contributed by atoms with Crippen molar-refractivity contribution < 1.29 is 9.53 Å². The van der Waals surface area contributed by atoms with Gasteiger partial charge in [0.25, 0.3) is 5.56 Å². The Morgan fingerprint density at radius 1 is 1.22 bits per heavy atom. The van der Waals surface area contributed by atoms with E-state index in [-0.39, 0.29) is 28.9 Å². The number of ether oxygens (including phenoxy) is 1. The molecule has 0 atom stereocenters. The van der Waals surface area contributed by atoms with Crippen molar-refractivity contribution >= 4 is 50.4 Å². The number of hydrogen-bond donors (Lipinski definition) is 1. The number of rotatable bonds is 6. The van der Waals surface area contributed by atoms with Gasteiger partial charge in [-0.15, -0.1) is 0 Å². The molecule has 0 spiro atoms. The van der Waals surface area contributed by atoms with Crippen molar-refractivity contribution in [2.75, 3.05) is 12.8 Å². The summed E-state index contributed by atoms with van der Waals surface area (Å²) in [7, 11) is 1.26. The molecule has 0 amide bonds. The minimum Gasteiger partial charge on any atom is -0.464 e. The van der Waals surface area contributed by atoms with Crippen LogP contribution in [0.3, 0.4) is 0 Å². The number of fused-ring (bicyclic) bond motifs is 1. The highest BCUT2D eigenvalue weighted by atomic mass is 79.9. The molecule has 4 aromatic rings. The molecular weight excluding hydrogens is 502 g/mol. The maximum atomic E-state index is 12.1. The Balaban J connectivity index is 1.57. The number of halogens is 2. The van der Waals surface area contributed by atoms with E-state index in [1.54, 1.807) is 10.9 Å². The summed E-state index contributed by atoms with van der Waals surface area (Å²) >= 11 is 9.49. The summed E-state index contributed by atoms with van der Waals surface area (Å²) in [6.07, 6.45) is 2.11. The summed E-state index contributed by atoms with van der Waals surface area (Å²) in [5, 5.41) is 9.12. The lowest BCUT2D eigenvalue weighted by Crippen LogP contribution is -2.25. The first-order valence-electron chi connectivity index (χ1n) is 9.44. The van der Waals surface area contributed by atoms with Crippen LogP contribution < -0.4 is 11.3 Å². The van der Waals surface area contributed by atoms with Gasteiger partial charge in [0.15, 0.2) is 11.3 Å². The number of carbonyl (C=O) groups excluding carboxylic acids is 1. The van der Waals surface area contributed by atoms with Crippen molar-refractivity contribution in [3.63, 3.8) is 0 Å². The Morgan fingerprint density at radius 2 is 2.03 bits per heavy atom. The van der Waals surface area contributed by atoms with Crippen LogP contribution >= 0.6 is 27.5 Å². The molecule has 10 nitrogen and oxygen atoms in total. The summed E-state index contributed by atoms with van der Waals surface area (Å²) < 4.78 is 8.49. The number of aryl methyl sites for hydroxylation is 2. The van der Waals surface area contributed by atoms with E-state index >= 15 is 0 Å². The molecule has 0 aliphatic carbocycles. The number of aromatic nitrogens is 6. The van der Waals surface area contributed by atoms with Crippen molar-refractivity contribution in [1.82, 2.24) is 29.5 Å². The van der Waals surface area contributed by atoms with Gasteiger partial charge in [-0.3, -0.25) is 4.79 Å². The number of nitrogen functional groups attached to an aromatic ring is 1. The van der Waals surface area contributed by atoms with Gasteiger partial charge < -0.3 is 10.5 Å². The number of esters is 1. The number of nitrogens with zero attached hydrogens (tertiary/aromatic N) is 6. The molecular formula is C20H17BrClN7O3. The Kier molecular flexibility index (Phi) is 6.19. The zero-order valence-electron chi connectivity index (χ0n) is 16.8. The summed E-state index contributed by atoms with van der Waals surface area (Å²) in [5.41, 5.74) is 8.13. The lowest BCUT2D eigenvalue weighted by atomic mass is 10.1. The van der Waals surface area contributed by atoms with Crippen LogP contribution in [0.25, 0.3) is 11.0 Å². The number of methoxy groups -OCH3 is 1. The third kappa shape index (κ3) is 4.48. The maximum Gasteiger partial charge on any atom is 0.358 e. The van der Waals surface area contributed by atoms with Crippen LogP contribution in [-0.2, 0) is 24.2 Å². The monoisotopic (exact) mass is 517 g/mol. The van der Waals surface area contributed by atoms with E-state index in [1.807, 2.05) is 18.2 Å². The Hall–Kier alpha value is -3.31. The third-order valence-electron chi connectivity index (χ3n) is 4.80. The van der Waals surface area contributed by atoms with Gasteiger partial charge >= 0.3 is 5.97 Å². The van der Waals surface area contributed by atoms with E-state index in [2.05, 4.69) is 40.8 Å². The minimum atomic E-state index is -0.599. The van der Waals surface area contributed by atoms with E-state index < -0.39 is 5.97 Å². The highest BCUT2D eigenvalue weighted by molar-refractivity contribution is 9.10. The molecule has 12 heteroatoms. The van der Waals surface area contributed by atoms with Gasteiger partial charge in [0.05, 0.1) is 25.2 Å². The van der Waals surface area contributed by atoms with Gasteiger partial charge in [0, 0.05) is 17.1 Å². The van der Waals surface area contributed by atoms with Crippen LogP contribution in [-0.4, -0.2) is 42.6 Å². The van der Waals surface area contributed by atoms with E-state index in [0.29, 0.717) is 24.0 Å². The fraction of sp³-hybridized carbons (Fsp3) is 0.200. The normalized spacial score (nSPS) is 11.1. The fourth-order valence-electron chi connectivity index (χ4n) is 3.21. The van der Waals surface area contributed by atoms with Gasteiger partial charge in [-0.2, -0.15) is 15.2 Å². The van der Waals surface area contributed by atoms with Gasteiger partial charge in [-0.1, -0.05) is 28.1 Å². The number of nitrogens with two attached hydrogens (primary N) is 1. The van der Waals surface area contributed by atoms with Crippen LogP contribution in [0.1, 0.15) is 21.6 Å². The molecule has 0 saturated heterocycles. The van der Waals surface area contributed by atoms with Gasteiger partial charge in [0.2, 0.25) is 5.28 Å². The summed E-state index contributed by atoms with van der Waals surface area (Å²) in [5.74, 6) is -0.326. The Bertz CT molecular complexity index is 1390. The smallest absolute Gasteiger partial charge is 0.358 e. The Morgan fingerprint density at radius 3 is 2.81 bits per heavy atom. The number of carbonyl (C=O) groups is 1. The first-order valence-corrected chi connectivity index (χ1v) is 10.6. The number of hydrogen-bond acceptors (Lipinski definition) is 8. The topological polar surface area (TPSA) is 131 Å². The van der Waals surface area contributed by atoms with Crippen LogP contribution in [0.4, 0.5) is 5.82 Å². The molecule has 0 radical (unpaired) electrons. The van der Waals surface area contributed by atoms with Crippen molar-refractivity contribution in [3.05, 3.63) is 73.5 Å². The second kappa shape index (κ2) is 9.05. The zero-order chi connectivity index (χ0) is 22.8. The molecule has 1 aromatic carbocycles. The van der Waals surface area contributed by atoms with Crippen LogP contribution in [0.5, 0.6) is 0 Å². The highest BCUT2D eigenvalue weighted by Gasteiger charge is 2.13.